The molecule has 0 aliphatic carbocycles. The monoisotopic (exact) mass is 374 g/mol. The number of methoxy groups -OCH3 is 2. The molecule has 6 nitrogen and oxygen atoms in total. The van der Waals surface area contributed by atoms with E-state index in [0.29, 0.717) is 27.1 Å². The van der Waals surface area contributed by atoms with Crippen molar-refractivity contribution in [3.05, 3.63) is 57.8 Å². The van der Waals surface area contributed by atoms with Gasteiger partial charge in [-0.3, -0.25) is 0 Å². The molecule has 0 fully saturated rings. The summed E-state index contributed by atoms with van der Waals surface area (Å²) in [5.74, 6) is 1.93. The topological polar surface area (TPSA) is 64.4 Å². The highest BCUT2D eigenvalue weighted by Crippen LogP contribution is 2.24. The summed E-state index contributed by atoms with van der Waals surface area (Å²) in [5.41, 5.74) is 1.55. The molecule has 1 N–H and O–H groups in total. The van der Waals surface area contributed by atoms with Gasteiger partial charge in [0.1, 0.15) is 11.5 Å². The van der Waals surface area contributed by atoms with Gasteiger partial charge in [-0.25, -0.2) is 5.10 Å². The van der Waals surface area contributed by atoms with Crippen LogP contribution in [0.1, 0.15) is 5.56 Å². The fraction of sp³-hybridized carbons (Fsp3) is 0.118. The number of aromatic nitrogens is 3. The molecule has 0 unspecified atom stereocenters. The number of benzene rings is 2. The van der Waals surface area contributed by atoms with Crippen LogP contribution in [0.15, 0.2) is 47.6 Å². The van der Waals surface area contributed by atoms with Crippen molar-refractivity contribution in [2.24, 2.45) is 5.10 Å². The van der Waals surface area contributed by atoms with Gasteiger partial charge in [0.2, 0.25) is 4.77 Å². The molecule has 1 aromatic heterocycles. The number of rotatable bonds is 5. The van der Waals surface area contributed by atoms with E-state index in [1.54, 1.807) is 32.6 Å². The van der Waals surface area contributed by atoms with Crippen LogP contribution < -0.4 is 9.47 Å². The molecule has 2 aromatic carbocycles. The number of nitrogens with zero attached hydrogens (tertiary/aromatic N) is 3. The second-order valence-corrected chi connectivity index (χ2v) is 5.85. The number of ether oxygens (including phenoxy) is 2. The summed E-state index contributed by atoms with van der Waals surface area (Å²) in [6.45, 7) is 0. The summed E-state index contributed by atoms with van der Waals surface area (Å²) in [4.78, 5) is 0. The predicted molar refractivity (Wildman–Crippen MR) is 100 cm³/mol. The normalized spacial score (nSPS) is 11.0. The second-order valence-electron chi connectivity index (χ2n) is 5.03. The lowest BCUT2D eigenvalue weighted by molar-refractivity contribution is 0.402. The van der Waals surface area contributed by atoms with Crippen LogP contribution in [0.25, 0.3) is 11.4 Å². The Balaban J connectivity index is 2.03. The van der Waals surface area contributed by atoms with Crippen molar-refractivity contribution < 1.29 is 9.47 Å². The van der Waals surface area contributed by atoms with E-state index in [1.807, 2.05) is 30.3 Å². The average Bonchev–Trinajstić information content (AvgIpc) is 3.00. The number of hydrogen-bond donors (Lipinski definition) is 1. The predicted octanol–water partition coefficient (Wildman–Crippen LogP) is 4.16. The first-order valence-electron chi connectivity index (χ1n) is 7.32. The van der Waals surface area contributed by atoms with E-state index in [2.05, 4.69) is 15.3 Å². The van der Waals surface area contributed by atoms with Crippen LogP contribution in [0.3, 0.4) is 0 Å². The molecule has 3 rings (SSSR count). The summed E-state index contributed by atoms with van der Waals surface area (Å²) in [5, 5.41) is 12.0. The van der Waals surface area contributed by atoms with Gasteiger partial charge in [-0.1, -0.05) is 23.7 Å². The molecule has 8 heteroatoms. The van der Waals surface area contributed by atoms with Crippen molar-refractivity contribution in [1.82, 2.24) is 14.9 Å². The second kappa shape index (κ2) is 7.50. The molecule has 0 aliphatic heterocycles. The van der Waals surface area contributed by atoms with Gasteiger partial charge in [-0.15, -0.1) is 0 Å². The Labute approximate surface area is 154 Å². The average molecular weight is 375 g/mol. The quantitative estimate of drug-likeness (QED) is 0.538. The minimum absolute atomic E-state index is 0.369. The lowest BCUT2D eigenvalue weighted by atomic mass is 10.2. The minimum atomic E-state index is 0.369. The largest absolute Gasteiger partial charge is 0.497 e. The third-order valence-electron chi connectivity index (χ3n) is 3.48. The fourth-order valence-electron chi connectivity index (χ4n) is 2.27. The zero-order valence-corrected chi connectivity index (χ0v) is 15.1. The number of hydrogen-bond acceptors (Lipinski definition) is 5. The smallest absolute Gasteiger partial charge is 0.216 e. The molecular weight excluding hydrogens is 360 g/mol. The summed E-state index contributed by atoms with van der Waals surface area (Å²) >= 11 is 11.3. The Morgan fingerprint density at radius 2 is 2.04 bits per heavy atom. The molecule has 0 amide bonds. The Morgan fingerprint density at radius 1 is 1.20 bits per heavy atom. The molecule has 0 bridgehead atoms. The van der Waals surface area contributed by atoms with Gasteiger partial charge in [-0.05, 0) is 42.5 Å². The van der Waals surface area contributed by atoms with Gasteiger partial charge in [0.15, 0.2) is 5.82 Å². The standard InChI is InChI=1S/C17H15ClN4O2S/c1-23-14-6-7-15(24-2)12(9-14)10-19-22-16(20-21-17(22)25)11-4-3-5-13(18)8-11/h3-10H,1-2H3,(H,21,25). The minimum Gasteiger partial charge on any atom is -0.497 e. The fourth-order valence-corrected chi connectivity index (χ4v) is 2.64. The van der Waals surface area contributed by atoms with E-state index >= 15 is 0 Å². The molecule has 0 aliphatic rings. The van der Waals surface area contributed by atoms with Gasteiger partial charge in [0, 0.05) is 16.1 Å². The van der Waals surface area contributed by atoms with Gasteiger partial charge < -0.3 is 9.47 Å². The van der Waals surface area contributed by atoms with Gasteiger partial charge in [0.25, 0.3) is 0 Å². The first-order chi connectivity index (χ1) is 12.1. The number of H-pyrrole nitrogens is 1. The molecular formula is C17H15ClN4O2S. The molecule has 0 saturated carbocycles. The molecule has 128 valence electrons. The number of halogens is 1. The van der Waals surface area contributed by atoms with Crippen LogP contribution in [0.5, 0.6) is 11.5 Å². The first kappa shape index (κ1) is 17.2. The molecule has 0 spiro atoms. The van der Waals surface area contributed by atoms with Gasteiger partial charge in [0.05, 0.1) is 20.4 Å². The lowest BCUT2D eigenvalue weighted by Gasteiger charge is -2.07. The van der Waals surface area contributed by atoms with Crippen LogP contribution in [0, 0.1) is 4.77 Å². The maximum Gasteiger partial charge on any atom is 0.216 e. The third kappa shape index (κ3) is 3.72. The molecule has 0 atom stereocenters. The lowest BCUT2D eigenvalue weighted by Crippen LogP contribution is -1.97. The molecule has 0 saturated heterocycles. The summed E-state index contributed by atoms with van der Waals surface area (Å²) in [6.07, 6.45) is 1.64. The summed E-state index contributed by atoms with van der Waals surface area (Å²) in [6, 6.07) is 12.8. The van der Waals surface area contributed by atoms with Crippen molar-refractivity contribution in [3.63, 3.8) is 0 Å². The number of nitrogens with one attached hydrogen (secondary N) is 1. The van der Waals surface area contributed by atoms with Crippen molar-refractivity contribution in [1.29, 1.82) is 0 Å². The van der Waals surface area contributed by atoms with Gasteiger partial charge in [-0.2, -0.15) is 14.9 Å². The Morgan fingerprint density at radius 3 is 2.76 bits per heavy atom. The van der Waals surface area contributed by atoms with Crippen LogP contribution in [-0.4, -0.2) is 35.3 Å². The highest BCUT2D eigenvalue weighted by molar-refractivity contribution is 7.71. The van der Waals surface area contributed by atoms with Crippen LogP contribution in [0.4, 0.5) is 0 Å². The maximum absolute atomic E-state index is 6.06. The van der Waals surface area contributed by atoms with E-state index in [4.69, 9.17) is 33.3 Å². The van der Waals surface area contributed by atoms with E-state index in [1.165, 1.54) is 4.68 Å². The summed E-state index contributed by atoms with van der Waals surface area (Å²) < 4.78 is 12.5. The highest BCUT2D eigenvalue weighted by atomic mass is 35.5. The molecule has 0 radical (unpaired) electrons. The van der Waals surface area contributed by atoms with Crippen LogP contribution >= 0.6 is 23.8 Å². The first-order valence-corrected chi connectivity index (χ1v) is 8.10. The molecule has 25 heavy (non-hydrogen) atoms. The van der Waals surface area contributed by atoms with E-state index in [9.17, 15) is 0 Å². The van der Waals surface area contributed by atoms with Crippen molar-refractivity contribution in [3.8, 4) is 22.9 Å². The third-order valence-corrected chi connectivity index (χ3v) is 3.98. The van der Waals surface area contributed by atoms with E-state index in [-0.39, 0.29) is 0 Å². The van der Waals surface area contributed by atoms with E-state index in [0.717, 1.165) is 11.1 Å². The summed E-state index contributed by atoms with van der Waals surface area (Å²) in [7, 11) is 3.20. The Kier molecular flexibility index (Phi) is 5.16. The number of aromatic amines is 1. The maximum atomic E-state index is 6.06. The Hall–Kier alpha value is -2.64. The molecule has 1 heterocycles. The van der Waals surface area contributed by atoms with Crippen LogP contribution in [0.2, 0.25) is 5.02 Å². The van der Waals surface area contributed by atoms with Crippen molar-refractivity contribution in [2.75, 3.05) is 14.2 Å². The van der Waals surface area contributed by atoms with Crippen molar-refractivity contribution in [2.45, 2.75) is 0 Å². The highest BCUT2D eigenvalue weighted by Gasteiger charge is 2.09. The SMILES string of the molecule is COc1ccc(OC)c(C=Nn2c(-c3cccc(Cl)c3)n[nH]c2=S)c1. The van der Waals surface area contributed by atoms with Crippen molar-refractivity contribution >= 4 is 30.0 Å². The van der Waals surface area contributed by atoms with Gasteiger partial charge >= 0.3 is 0 Å². The van der Waals surface area contributed by atoms with Crippen LogP contribution in [-0.2, 0) is 0 Å². The van der Waals surface area contributed by atoms with E-state index < -0.39 is 0 Å². The zero-order valence-electron chi connectivity index (χ0n) is 13.6. The Bertz CT molecular complexity index is 981. The zero-order chi connectivity index (χ0) is 17.8. The molecule has 3 aromatic rings.